The highest BCUT2D eigenvalue weighted by atomic mass is 16.6. The molecule has 2 saturated carbocycles. The third-order valence-electron chi connectivity index (χ3n) is 8.53. The fraction of sp³-hybridized carbons (Fsp3) is 0.636. The summed E-state index contributed by atoms with van der Waals surface area (Å²) in [7, 11) is 3.62. The van der Waals surface area contributed by atoms with Gasteiger partial charge in [-0.3, -0.25) is 0 Å². The van der Waals surface area contributed by atoms with Gasteiger partial charge in [0.1, 0.15) is 11.7 Å². The molecular weight excluding hydrogens is 312 g/mol. The predicted molar refractivity (Wildman–Crippen MR) is 95.2 cm³/mol. The number of benzene rings is 1. The molecule has 2 spiro atoms. The van der Waals surface area contributed by atoms with Gasteiger partial charge in [0, 0.05) is 23.5 Å². The van der Waals surface area contributed by atoms with Crippen molar-refractivity contribution in [2.45, 2.75) is 56.1 Å². The lowest BCUT2D eigenvalue weighted by atomic mass is 9.35. The van der Waals surface area contributed by atoms with Crippen molar-refractivity contribution in [1.29, 1.82) is 0 Å². The molecule has 25 heavy (non-hydrogen) atoms. The number of ether oxygens (including phenoxy) is 3. The van der Waals surface area contributed by atoms with Crippen LogP contribution >= 0.6 is 0 Å². The molecule has 132 valence electrons. The van der Waals surface area contributed by atoms with Crippen LogP contribution in [-0.2, 0) is 16.6 Å². The highest BCUT2D eigenvalue weighted by Gasteiger charge is 2.77. The smallest absolute Gasteiger partial charge is 0.166 e. The molecule has 1 aromatic carbocycles. The topological polar surface area (TPSA) is 27.7 Å². The van der Waals surface area contributed by atoms with Gasteiger partial charge in [-0.05, 0) is 49.1 Å². The molecule has 0 aromatic heterocycles. The number of allylic oxidation sites excluding steroid dienone is 1. The minimum atomic E-state index is -0.317. The Bertz CT molecular complexity index is 814. The summed E-state index contributed by atoms with van der Waals surface area (Å²) in [5.74, 6) is 3.10. The largest absolute Gasteiger partial charge is 0.493 e. The van der Waals surface area contributed by atoms with E-state index in [9.17, 15) is 0 Å². The van der Waals surface area contributed by atoms with E-state index in [1.165, 1.54) is 43.2 Å². The van der Waals surface area contributed by atoms with E-state index in [0.717, 1.165) is 17.4 Å². The summed E-state index contributed by atoms with van der Waals surface area (Å²) in [6.45, 7) is 2.36. The van der Waals surface area contributed by atoms with E-state index < -0.39 is 0 Å². The molecule has 1 aliphatic heterocycles. The molecule has 6 aliphatic rings. The standard InChI is InChI=1S/C22H26O3/c1-13-12-20-9-10-22(13,24-3)19-21(20)8-4-5-15(20)11-14-6-7-16(23-2)18(25-19)17(14)21/h6-7,9-10,13,15,19H,4-5,8,11-12H2,1-3H3/t13-,15-,19-,20-,21+,22-/m1/s1. The van der Waals surface area contributed by atoms with Gasteiger partial charge in [-0.1, -0.05) is 31.6 Å². The molecule has 0 N–H and O–H groups in total. The molecule has 7 rings (SSSR count). The van der Waals surface area contributed by atoms with Crippen molar-refractivity contribution in [1.82, 2.24) is 0 Å². The molecule has 4 bridgehead atoms. The zero-order chi connectivity index (χ0) is 17.0. The third-order valence-corrected chi connectivity index (χ3v) is 8.53. The van der Waals surface area contributed by atoms with E-state index in [4.69, 9.17) is 14.2 Å². The Morgan fingerprint density at radius 1 is 1.20 bits per heavy atom. The second-order valence-electron chi connectivity index (χ2n) is 8.93. The summed E-state index contributed by atoms with van der Waals surface area (Å²) < 4.78 is 18.7. The monoisotopic (exact) mass is 338 g/mol. The minimum Gasteiger partial charge on any atom is -0.493 e. The quantitative estimate of drug-likeness (QED) is 0.762. The normalized spacial score (nSPS) is 47.4. The molecule has 3 heteroatoms. The number of rotatable bonds is 2. The van der Waals surface area contributed by atoms with Gasteiger partial charge in [-0.15, -0.1) is 0 Å². The lowest BCUT2D eigenvalue weighted by Crippen LogP contribution is -2.74. The summed E-state index contributed by atoms with van der Waals surface area (Å²) in [4.78, 5) is 0. The van der Waals surface area contributed by atoms with E-state index in [2.05, 4.69) is 31.2 Å². The number of hydrogen-bond donors (Lipinski definition) is 0. The van der Waals surface area contributed by atoms with Gasteiger partial charge in [0.15, 0.2) is 11.5 Å². The first-order valence-electron chi connectivity index (χ1n) is 9.75. The van der Waals surface area contributed by atoms with E-state index in [1.54, 1.807) is 7.11 Å². The third kappa shape index (κ3) is 1.27. The van der Waals surface area contributed by atoms with Crippen LogP contribution in [0.1, 0.15) is 43.7 Å². The van der Waals surface area contributed by atoms with Crippen molar-refractivity contribution in [3.8, 4) is 11.5 Å². The molecule has 0 radical (unpaired) electrons. The van der Waals surface area contributed by atoms with Gasteiger partial charge in [-0.2, -0.15) is 0 Å². The molecule has 0 amide bonds. The molecule has 3 nitrogen and oxygen atoms in total. The lowest BCUT2D eigenvalue weighted by molar-refractivity contribution is -0.204. The van der Waals surface area contributed by atoms with E-state index in [1.807, 2.05) is 7.11 Å². The molecule has 6 atom stereocenters. The van der Waals surface area contributed by atoms with Crippen molar-refractivity contribution >= 4 is 0 Å². The maximum atomic E-state index is 6.79. The van der Waals surface area contributed by atoms with Crippen molar-refractivity contribution in [2.75, 3.05) is 14.2 Å². The van der Waals surface area contributed by atoms with Gasteiger partial charge >= 0.3 is 0 Å². The lowest BCUT2D eigenvalue weighted by Gasteiger charge is -2.69. The van der Waals surface area contributed by atoms with Crippen LogP contribution in [0.3, 0.4) is 0 Å². The fourth-order valence-corrected chi connectivity index (χ4v) is 7.67. The van der Waals surface area contributed by atoms with Gasteiger partial charge in [0.05, 0.1) is 7.11 Å². The average Bonchev–Trinajstić information content (AvgIpc) is 2.97. The van der Waals surface area contributed by atoms with Gasteiger partial charge in [-0.25, -0.2) is 0 Å². The predicted octanol–water partition coefficient (Wildman–Crippen LogP) is 4.03. The highest BCUT2D eigenvalue weighted by Crippen LogP contribution is 2.76. The Balaban J connectivity index is 1.73. The molecular formula is C22H26O3. The maximum absolute atomic E-state index is 6.79. The zero-order valence-electron chi connectivity index (χ0n) is 15.3. The Kier molecular flexibility index (Phi) is 2.49. The van der Waals surface area contributed by atoms with E-state index in [0.29, 0.717) is 5.92 Å². The summed E-state index contributed by atoms with van der Waals surface area (Å²) in [6.07, 6.45) is 11.2. The van der Waals surface area contributed by atoms with Crippen LogP contribution in [0.2, 0.25) is 0 Å². The second kappa shape index (κ2) is 4.25. The highest BCUT2D eigenvalue weighted by molar-refractivity contribution is 5.64. The van der Waals surface area contributed by atoms with Crippen LogP contribution in [0, 0.1) is 17.3 Å². The first-order valence-corrected chi connectivity index (χ1v) is 9.75. The average molecular weight is 338 g/mol. The molecule has 1 aromatic rings. The van der Waals surface area contributed by atoms with Crippen molar-refractivity contribution in [2.24, 2.45) is 17.3 Å². The number of hydrogen-bond acceptors (Lipinski definition) is 3. The Morgan fingerprint density at radius 2 is 2.08 bits per heavy atom. The fourth-order valence-electron chi connectivity index (χ4n) is 7.67. The van der Waals surface area contributed by atoms with Crippen molar-refractivity contribution in [3.05, 3.63) is 35.4 Å². The first-order chi connectivity index (χ1) is 12.1. The van der Waals surface area contributed by atoms with Crippen molar-refractivity contribution in [3.63, 3.8) is 0 Å². The summed E-state index contributed by atoms with van der Waals surface area (Å²) >= 11 is 0. The Morgan fingerprint density at radius 3 is 2.84 bits per heavy atom. The van der Waals surface area contributed by atoms with E-state index >= 15 is 0 Å². The van der Waals surface area contributed by atoms with Gasteiger partial charge < -0.3 is 14.2 Å². The number of fused-ring (bicyclic) bond motifs is 1. The van der Waals surface area contributed by atoms with Crippen LogP contribution < -0.4 is 9.47 Å². The SMILES string of the molecule is COc1ccc2c3c1O[C@H]1[C@@]4(OC)C=C[C@@]5(C[C@H]4C)[C@H](CCC[C@]315)C2. The van der Waals surface area contributed by atoms with E-state index in [-0.39, 0.29) is 22.5 Å². The Hall–Kier alpha value is -1.48. The van der Waals surface area contributed by atoms with Crippen LogP contribution in [-0.4, -0.2) is 25.9 Å². The van der Waals surface area contributed by atoms with Crippen LogP contribution in [0.4, 0.5) is 0 Å². The van der Waals surface area contributed by atoms with Crippen LogP contribution in [0.15, 0.2) is 24.3 Å². The zero-order valence-corrected chi connectivity index (χ0v) is 15.3. The molecule has 5 aliphatic carbocycles. The van der Waals surface area contributed by atoms with Gasteiger partial charge in [0.25, 0.3) is 0 Å². The second-order valence-corrected chi connectivity index (χ2v) is 8.93. The minimum absolute atomic E-state index is 0.0741. The maximum Gasteiger partial charge on any atom is 0.166 e. The van der Waals surface area contributed by atoms with Gasteiger partial charge in [0.2, 0.25) is 0 Å². The molecule has 1 heterocycles. The summed E-state index contributed by atoms with van der Waals surface area (Å²) in [6, 6.07) is 4.40. The Labute approximate surface area is 149 Å². The molecule has 0 unspecified atom stereocenters. The number of methoxy groups -OCH3 is 2. The molecule has 0 saturated heterocycles. The summed E-state index contributed by atoms with van der Waals surface area (Å²) in [5.41, 5.74) is 2.95. The van der Waals surface area contributed by atoms with Crippen LogP contribution in [0.25, 0.3) is 0 Å². The summed E-state index contributed by atoms with van der Waals surface area (Å²) in [5, 5.41) is 0. The van der Waals surface area contributed by atoms with Crippen molar-refractivity contribution < 1.29 is 14.2 Å². The molecule has 2 fully saturated rings. The first kappa shape index (κ1) is 14.7. The van der Waals surface area contributed by atoms with Crippen LogP contribution in [0.5, 0.6) is 11.5 Å².